The molecule has 0 fully saturated rings. The van der Waals surface area contributed by atoms with Crippen molar-refractivity contribution in [1.29, 1.82) is 5.26 Å². The van der Waals surface area contributed by atoms with E-state index in [0.717, 1.165) is 0 Å². The van der Waals surface area contributed by atoms with Crippen LogP contribution in [0.4, 0.5) is 24.5 Å². The maximum atomic E-state index is 13.3. The van der Waals surface area contributed by atoms with Crippen LogP contribution >= 0.6 is 0 Å². The highest BCUT2D eigenvalue weighted by molar-refractivity contribution is 6.15. The number of halogens is 3. The number of nitriles is 1. The predicted octanol–water partition coefficient (Wildman–Crippen LogP) is 3.33. The van der Waals surface area contributed by atoms with Gasteiger partial charge in [0.15, 0.2) is 0 Å². The lowest BCUT2D eigenvalue weighted by molar-refractivity contribution is -0.166. The maximum Gasteiger partial charge on any atom is 0.406 e. The summed E-state index contributed by atoms with van der Waals surface area (Å²) < 4.78 is 45.3. The minimum Gasteiger partial charge on any atom is -0.383 e. The van der Waals surface area contributed by atoms with E-state index in [9.17, 15) is 22.8 Å². The number of anilines is 2. The van der Waals surface area contributed by atoms with Crippen LogP contribution in [0.5, 0.6) is 0 Å². The summed E-state index contributed by atoms with van der Waals surface area (Å²) >= 11 is 0. The van der Waals surface area contributed by atoms with E-state index in [-0.39, 0.29) is 17.8 Å². The van der Waals surface area contributed by atoms with E-state index in [1.54, 1.807) is 42.5 Å². The number of fused-ring (bicyclic) bond motifs is 1. The highest BCUT2D eigenvalue weighted by Crippen LogP contribution is 2.25. The number of methoxy groups -OCH3 is 1. The number of carbonyl (C=O) groups excluding carboxylic acids is 2. The molecule has 1 atom stereocenters. The number of benzene rings is 2. The molecule has 0 saturated carbocycles. The van der Waals surface area contributed by atoms with Gasteiger partial charge in [-0.05, 0) is 35.9 Å². The SMILES string of the molecule is COCC(NCc1ccc(N2CCn3ncc(C(=O)Nc4cccc(C#N)c4)c3C2=O)cc1)C(F)(F)F. The molecule has 37 heavy (non-hydrogen) atoms. The Kier molecular flexibility index (Phi) is 7.56. The topological polar surface area (TPSA) is 112 Å². The van der Waals surface area contributed by atoms with Crippen molar-refractivity contribution in [2.75, 3.05) is 30.5 Å². The summed E-state index contributed by atoms with van der Waals surface area (Å²) in [6, 6.07) is 13.2. The molecule has 1 aliphatic heterocycles. The van der Waals surface area contributed by atoms with Crippen LogP contribution in [0.15, 0.2) is 54.7 Å². The molecule has 0 radical (unpaired) electrons. The molecule has 2 N–H and O–H groups in total. The fraction of sp³-hybridized carbons (Fsp3) is 0.280. The number of rotatable bonds is 8. The molecule has 0 bridgehead atoms. The van der Waals surface area contributed by atoms with Crippen molar-refractivity contribution < 1.29 is 27.5 Å². The minimum absolute atomic E-state index is 0.0359. The smallest absolute Gasteiger partial charge is 0.383 e. The Balaban J connectivity index is 1.47. The molecule has 0 spiro atoms. The second-order valence-corrected chi connectivity index (χ2v) is 8.33. The lowest BCUT2D eigenvalue weighted by Crippen LogP contribution is -2.45. The van der Waals surface area contributed by atoms with Crippen molar-refractivity contribution >= 4 is 23.2 Å². The zero-order valence-corrected chi connectivity index (χ0v) is 19.7. The third kappa shape index (κ3) is 5.79. The zero-order chi connectivity index (χ0) is 26.6. The van der Waals surface area contributed by atoms with Crippen molar-refractivity contribution in [1.82, 2.24) is 15.1 Å². The lowest BCUT2D eigenvalue weighted by Gasteiger charge is -2.28. The predicted molar refractivity (Wildman–Crippen MR) is 128 cm³/mol. The van der Waals surface area contributed by atoms with Gasteiger partial charge in [-0.25, -0.2) is 0 Å². The summed E-state index contributed by atoms with van der Waals surface area (Å²) in [7, 11) is 1.21. The summed E-state index contributed by atoms with van der Waals surface area (Å²) in [6.45, 7) is 0.120. The fourth-order valence-corrected chi connectivity index (χ4v) is 3.95. The van der Waals surface area contributed by atoms with Gasteiger partial charge in [-0.2, -0.15) is 23.5 Å². The Morgan fingerprint density at radius 2 is 1.97 bits per heavy atom. The molecule has 3 aromatic rings. The van der Waals surface area contributed by atoms with E-state index in [4.69, 9.17) is 5.26 Å². The fourth-order valence-electron chi connectivity index (χ4n) is 3.95. The van der Waals surface area contributed by atoms with Crippen molar-refractivity contribution in [3.05, 3.63) is 77.1 Å². The quantitative estimate of drug-likeness (QED) is 0.479. The standard InChI is InChI=1S/C25H23F3N6O3/c1-37-15-21(25(26,27)28)30-13-16-5-7-19(8-6-16)33-9-10-34-22(24(33)36)20(14-31-34)23(35)32-18-4-2-3-17(11-18)12-29/h2-8,11,14,21,30H,9-10,13,15H2,1H3,(H,32,35). The number of amides is 2. The molecular formula is C25H23F3N6O3. The zero-order valence-electron chi connectivity index (χ0n) is 19.7. The average Bonchev–Trinajstić information content (AvgIpc) is 3.32. The molecule has 192 valence electrons. The Labute approximate surface area is 210 Å². The van der Waals surface area contributed by atoms with Crippen molar-refractivity contribution in [2.24, 2.45) is 0 Å². The van der Waals surface area contributed by atoms with Crippen molar-refractivity contribution in [3.63, 3.8) is 0 Å². The summed E-state index contributed by atoms with van der Waals surface area (Å²) in [5, 5.41) is 18.3. The van der Waals surface area contributed by atoms with Crippen LogP contribution in [0.1, 0.15) is 32.0 Å². The number of aromatic nitrogens is 2. The summed E-state index contributed by atoms with van der Waals surface area (Å²) in [6.07, 6.45) is -3.12. The van der Waals surface area contributed by atoms with Gasteiger partial charge >= 0.3 is 6.18 Å². The van der Waals surface area contributed by atoms with Crippen LogP contribution in [0, 0.1) is 11.3 Å². The van der Waals surface area contributed by atoms with Gasteiger partial charge in [-0.15, -0.1) is 0 Å². The largest absolute Gasteiger partial charge is 0.406 e. The average molecular weight is 512 g/mol. The van der Waals surface area contributed by atoms with E-state index in [2.05, 4.69) is 20.5 Å². The van der Waals surface area contributed by atoms with Crippen LogP contribution in [0.2, 0.25) is 0 Å². The van der Waals surface area contributed by atoms with Crippen molar-refractivity contribution in [2.45, 2.75) is 25.3 Å². The number of carbonyl (C=O) groups is 2. The molecular weight excluding hydrogens is 489 g/mol. The molecule has 4 rings (SSSR count). The van der Waals surface area contributed by atoms with Gasteiger partial charge in [0.2, 0.25) is 0 Å². The third-order valence-electron chi connectivity index (χ3n) is 5.85. The number of hydrogen-bond donors (Lipinski definition) is 2. The van der Waals surface area contributed by atoms with Gasteiger partial charge in [0.1, 0.15) is 11.7 Å². The Morgan fingerprint density at radius 1 is 1.22 bits per heavy atom. The van der Waals surface area contributed by atoms with Crippen molar-refractivity contribution in [3.8, 4) is 6.07 Å². The van der Waals surface area contributed by atoms with Crippen LogP contribution in [0.3, 0.4) is 0 Å². The van der Waals surface area contributed by atoms with E-state index in [1.807, 2.05) is 6.07 Å². The first-order valence-electron chi connectivity index (χ1n) is 11.3. The molecule has 0 saturated heterocycles. The number of alkyl halides is 3. The number of nitrogens with one attached hydrogen (secondary N) is 2. The van der Waals surface area contributed by atoms with Crippen LogP contribution in [-0.2, 0) is 17.8 Å². The Hall–Kier alpha value is -4.21. The highest BCUT2D eigenvalue weighted by atomic mass is 19.4. The normalized spacial score (nSPS) is 14.1. The summed E-state index contributed by atoms with van der Waals surface area (Å²) in [4.78, 5) is 27.7. The number of nitrogens with zero attached hydrogens (tertiary/aromatic N) is 4. The van der Waals surface area contributed by atoms with Crippen LogP contribution in [0.25, 0.3) is 0 Å². The van der Waals surface area contributed by atoms with Gasteiger partial charge in [0, 0.05) is 31.6 Å². The first-order chi connectivity index (χ1) is 17.7. The Morgan fingerprint density at radius 3 is 2.65 bits per heavy atom. The van der Waals surface area contributed by atoms with E-state index >= 15 is 0 Å². The first kappa shape index (κ1) is 25.9. The maximum absolute atomic E-state index is 13.3. The van der Waals surface area contributed by atoms with Gasteiger partial charge in [-0.1, -0.05) is 18.2 Å². The second-order valence-electron chi connectivity index (χ2n) is 8.33. The van der Waals surface area contributed by atoms with Gasteiger partial charge in [-0.3, -0.25) is 14.3 Å². The first-order valence-corrected chi connectivity index (χ1v) is 11.3. The van der Waals surface area contributed by atoms with Crippen LogP contribution in [-0.4, -0.2) is 54.1 Å². The van der Waals surface area contributed by atoms with Gasteiger partial charge < -0.3 is 20.3 Å². The van der Waals surface area contributed by atoms with Gasteiger partial charge in [0.05, 0.1) is 36.5 Å². The lowest BCUT2D eigenvalue weighted by atomic mass is 10.1. The minimum atomic E-state index is -4.44. The molecule has 9 nitrogen and oxygen atoms in total. The number of ether oxygens (including phenoxy) is 1. The monoisotopic (exact) mass is 512 g/mol. The van der Waals surface area contributed by atoms with Crippen LogP contribution < -0.4 is 15.5 Å². The molecule has 1 aliphatic rings. The second kappa shape index (κ2) is 10.8. The van der Waals surface area contributed by atoms with Gasteiger partial charge in [0.25, 0.3) is 11.8 Å². The number of hydrogen-bond acceptors (Lipinski definition) is 6. The molecule has 2 aromatic carbocycles. The Bertz CT molecular complexity index is 1330. The molecule has 1 aromatic heterocycles. The molecule has 12 heteroatoms. The van der Waals surface area contributed by atoms with E-state index < -0.39 is 30.6 Å². The summed E-state index contributed by atoms with van der Waals surface area (Å²) in [5.74, 6) is -0.967. The molecule has 2 heterocycles. The molecule has 2 amide bonds. The molecule has 0 aliphatic carbocycles. The summed E-state index contributed by atoms with van der Waals surface area (Å²) in [5.41, 5.74) is 2.14. The third-order valence-corrected chi connectivity index (χ3v) is 5.85. The molecule has 1 unspecified atom stereocenters. The van der Waals surface area contributed by atoms with E-state index in [0.29, 0.717) is 35.6 Å². The highest BCUT2D eigenvalue weighted by Gasteiger charge is 2.39. The van der Waals surface area contributed by atoms with E-state index in [1.165, 1.54) is 29.0 Å².